The Morgan fingerprint density at radius 2 is 1.50 bits per heavy atom. The summed E-state index contributed by atoms with van der Waals surface area (Å²) in [6.07, 6.45) is 9.89. The largest absolute Gasteiger partial charge is 0.390 e. The van der Waals surface area contributed by atoms with Crippen LogP contribution in [0.25, 0.3) is 0 Å². The Morgan fingerprint density at radius 3 is 2.07 bits per heavy atom. The van der Waals surface area contributed by atoms with Gasteiger partial charge in [-0.3, -0.25) is 0 Å². The standard InChI is InChI=1S/C12H23NO/c14-12(7-9-13-10-8-12)11-5-3-1-2-4-6-11/h11,13-14H,1-10H2. The summed E-state index contributed by atoms with van der Waals surface area (Å²) < 4.78 is 0. The molecule has 0 spiro atoms. The Labute approximate surface area is 87.1 Å². The molecule has 82 valence electrons. The van der Waals surface area contributed by atoms with Gasteiger partial charge < -0.3 is 10.4 Å². The summed E-state index contributed by atoms with van der Waals surface area (Å²) in [5, 5.41) is 13.9. The van der Waals surface area contributed by atoms with Gasteiger partial charge in [-0.25, -0.2) is 0 Å². The quantitative estimate of drug-likeness (QED) is 0.631. The minimum atomic E-state index is -0.324. The lowest BCUT2D eigenvalue weighted by Gasteiger charge is -2.39. The second-order valence-corrected chi connectivity index (χ2v) is 5.04. The van der Waals surface area contributed by atoms with E-state index in [0.717, 1.165) is 25.9 Å². The van der Waals surface area contributed by atoms with Gasteiger partial charge in [-0.1, -0.05) is 25.7 Å². The van der Waals surface area contributed by atoms with Gasteiger partial charge in [0.1, 0.15) is 0 Å². The topological polar surface area (TPSA) is 32.3 Å². The number of hydrogen-bond acceptors (Lipinski definition) is 2. The van der Waals surface area contributed by atoms with Crippen LogP contribution in [0.4, 0.5) is 0 Å². The van der Waals surface area contributed by atoms with Gasteiger partial charge in [-0.2, -0.15) is 0 Å². The first-order valence-electron chi connectivity index (χ1n) is 6.24. The number of nitrogens with one attached hydrogen (secondary N) is 1. The lowest BCUT2D eigenvalue weighted by Crippen LogP contribution is -2.47. The zero-order valence-electron chi connectivity index (χ0n) is 9.10. The van der Waals surface area contributed by atoms with Crippen LogP contribution in [-0.4, -0.2) is 23.8 Å². The summed E-state index contributed by atoms with van der Waals surface area (Å²) in [5.74, 6) is 0.590. The molecule has 2 heteroatoms. The summed E-state index contributed by atoms with van der Waals surface area (Å²) in [4.78, 5) is 0. The monoisotopic (exact) mass is 197 g/mol. The fourth-order valence-electron chi connectivity index (χ4n) is 3.08. The molecule has 2 fully saturated rings. The maximum atomic E-state index is 10.6. The Hall–Kier alpha value is -0.0800. The maximum absolute atomic E-state index is 10.6. The van der Waals surface area contributed by atoms with Gasteiger partial charge in [0.2, 0.25) is 0 Å². The fourth-order valence-corrected chi connectivity index (χ4v) is 3.08. The molecule has 2 rings (SSSR count). The maximum Gasteiger partial charge on any atom is 0.0700 e. The van der Waals surface area contributed by atoms with E-state index in [2.05, 4.69) is 5.32 Å². The van der Waals surface area contributed by atoms with Crippen molar-refractivity contribution in [3.05, 3.63) is 0 Å². The highest BCUT2D eigenvalue weighted by Crippen LogP contribution is 2.36. The van der Waals surface area contributed by atoms with Crippen molar-refractivity contribution in [2.75, 3.05) is 13.1 Å². The van der Waals surface area contributed by atoms with Gasteiger partial charge in [0.25, 0.3) is 0 Å². The molecule has 1 aliphatic heterocycles. The minimum absolute atomic E-state index is 0.324. The van der Waals surface area contributed by atoms with Gasteiger partial charge in [0.15, 0.2) is 0 Å². The van der Waals surface area contributed by atoms with E-state index < -0.39 is 0 Å². The van der Waals surface area contributed by atoms with E-state index in [1.165, 1.54) is 38.5 Å². The van der Waals surface area contributed by atoms with E-state index in [4.69, 9.17) is 0 Å². The molecule has 2 N–H and O–H groups in total. The fraction of sp³-hybridized carbons (Fsp3) is 1.00. The van der Waals surface area contributed by atoms with Crippen LogP contribution in [0.1, 0.15) is 51.4 Å². The van der Waals surface area contributed by atoms with Crippen LogP contribution in [0.3, 0.4) is 0 Å². The third-order valence-corrected chi connectivity index (χ3v) is 4.08. The third kappa shape index (κ3) is 2.29. The first-order chi connectivity index (χ1) is 6.81. The summed E-state index contributed by atoms with van der Waals surface area (Å²) in [7, 11) is 0. The molecule has 14 heavy (non-hydrogen) atoms. The number of rotatable bonds is 1. The predicted molar refractivity (Wildman–Crippen MR) is 58.2 cm³/mol. The molecule has 0 unspecified atom stereocenters. The van der Waals surface area contributed by atoms with Crippen LogP contribution in [0.5, 0.6) is 0 Å². The van der Waals surface area contributed by atoms with Gasteiger partial charge in [0, 0.05) is 0 Å². The molecular formula is C12H23NO. The molecule has 1 heterocycles. The zero-order chi connectivity index (χ0) is 9.86. The second-order valence-electron chi connectivity index (χ2n) is 5.04. The lowest BCUT2D eigenvalue weighted by molar-refractivity contribution is -0.0489. The molecule has 0 radical (unpaired) electrons. The molecule has 0 aromatic carbocycles. The molecule has 1 aliphatic carbocycles. The van der Waals surface area contributed by atoms with Crippen molar-refractivity contribution in [2.45, 2.75) is 57.0 Å². The van der Waals surface area contributed by atoms with E-state index in [-0.39, 0.29) is 5.60 Å². The van der Waals surface area contributed by atoms with Gasteiger partial charge >= 0.3 is 0 Å². The Bertz CT molecular complexity index is 167. The SMILES string of the molecule is OC1(C2CCCCCC2)CCNCC1. The van der Waals surface area contributed by atoms with Gasteiger partial charge in [0.05, 0.1) is 5.60 Å². The van der Waals surface area contributed by atoms with Gasteiger partial charge in [-0.15, -0.1) is 0 Å². The van der Waals surface area contributed by atoms with E-state index in [9.17, 15) is 5.11 Å². The minimum Gasteiger partial charge on any atom is -0.390 e. The highest BCUT2D eigenvalue weighted by Gasteiger charge is 2.37. The van der Waals surface area contributed by atoms with E-state index in [1.54, 1.807) is 0 Å². The second kappa shape index (κ2) is 4.63. The van der Waals surface area contributed by atoms with Crippen LogP contribution in [0, 0.1) is 5.92 Å². The Balaban J connectivity index is 1.95. The average Bonchev–Trinajstić information content (AvgIpc) is 2.47. The zero-order valence-corrected chi connectivity index (χ0v) is 9.10. The Kier molecular flexibility index (Phi) is 3.45. The van der Waals surface area contributed by atoms with Crippen LogP contribution in [0.2, 0.25) is 0 Å². The molecular weight excluding hydrogens is 174 g/mol. The predicted octanol–water partition coefficient (Wildman–Crippen LogP) is 2.07. The highest BCUT2D eigenvalue weighted by molar-refractivity contribution is 4.91. The van der Waals surface area contributed by atoms with Crippen molar-refractivity contribution in [1.82, 2.24) is 5.32 Å². The first-order valence-corrected chi connectivity index (χ1v) is 6.24. The summed E-state index contributed by atoms with van der Waals surface area (Å²) in [6, 6.07) is 0. The van der Waals surface area contributed by atoms with E-state index in [0.29, 0.717) is 5.92 Å². The lowest BCUT2D eigenvalue weighted by atomic mass is 9.76. The molecule has 0 bridgehead atoms. The summed E-state index contributed by atoms with van der Waals surface area (Å²) in [5.41, 5.74) is -0.324. The first kappa shape index (κ1) is 10.4. The molecule has 0 aromatic rings. The van der Waals surface area contributed by atoms with Crippen molar-refractivity contribution in [1.29, 1.82) is 0 Å². The van der Waals surface area contributed by atoms with Crippen LogP contribution in [-0.2, 0) is 0 Å². The van der Waals surface area contributed by atoms with Crippen molar-refractivity contribution in [3.8, 4) is 0 Å². The van der Waals surface area contributed by atoms with E-state index >= 15 is 0 Å². The molecule has 2 nitrogen and oxygen atoms in total. The smallest absolute Gasteiger partial charge is 0.0700 e. The summed E-state index contributed by atoms with van der Waals surface area (Å²) in [6.45, 7) is 2.01. The molecule has 0 amide bonds. The number of hydrogen-bond donors (Lipinski definition) is 2. The highest BCUT2D eigenvalue weighted by atomic mass is 16.3. The normalized spacial score (nSPS) is 29.8. The Morgan fingerprint density at radius 1 is 0.929 bits per heavy atom. The van der Waals surface area contributed by atoms with Crippen molar-refractivity contribution < 1.29 is 5.11 Å². The number of piperidine rings is 1. The molecule has 0 atom stereocenters. The molecule has 1 saturated heterocycles. The van der Waals surface area contributed by atoms with Crippen molar-refractivity contribution >= 4 is 0 Å². The number of aliphatic hydroxyl groups is 1. The van der Waals surface area contributed by atoms with Crippen LogP contribution >= 0.6 is 0 Å². The van der Waals surface area contributed by atoms with Crippen molar-refractivity contribution in [3.63, 3.8) is 0 Å². The van der Waals surface area contributed by atoms with Crippen molar-refractivity contribution in [2.24, 2.45) is 5.92 Å². The van der Waals surface area contributed by atoms with Crippen LogP contribution < -0.4 is 5.32 Å². The molecule has 0 aromatic heterocycles. The van der Waals surface area contributed by atoms with E-state index in [1.807, 2.05) is 0 Å². The summed E-state index contributed by atoms with van der Waals surface area (Å²) >= 11 is 0. The third-order valence-electron chi connectivity index (χ3n) is 4.08. The molecule has 1 saturated carbocycles. The molecule has 2 aliphatic rings. The van der Waals surface area contributed by atoms with Crippen LogP contribution in [0.15, 0.2) is 0 Å². The van der Waals surface area contributed by atoms with Gasteiger partial charge in [-0.05, 0) is 44.7 Å². The average molecular weight is 197 g/mol.